The summed E-state index contributed by atoms with van der Waals surface area (Å²) >= 11 is 1.29. The summed E-state index contributed by atoms with van der Waals surface area (Å²) in [6.45, 7) is 2.45. The third kappa shape index (κ3) is 3.80. The van der Waals surface area contributed by atoms with Gasteiger partial charge in [0.2, 0.25) is 0 Å². The Kier molecular flexibility index (Phi) is 5.01. The second kappa shape index (κ2) is 7.06. The van der Waals surface area contributed by atoms with E-state index >= 15 is 0 Å². The fourth-order valence-electron chi connectivity index (χ4n) is 2.95. The van der Waals surface area contributed by atoms with Gasteiger partial charge in [-0.05, 0) is 31.2 Å². The lowest BCUT2D eigenvalue weighted by Crippen LogP contribution is -2.37. The number of anilines is 1. The van der Waals surface area contributed by atoms with Gasteiger partial charge in [0.05, 0.1) is 30.2 Å². The first-order valence-corrected chi connectivity index (χ1v) is 10.5. The molecule has 1 aromatic carbocycles. The quantitative estimate of drug-likeness (QED) is 0.783. The highest BCUT2D eigenvalue weighted by atomic mass is 32.2. The number of hydrogen-bond acceptors (Lipinski definition) is 6. The SMILES string of the molecule is CCOc1ccc(N2C(=NC(=O)CC#N)S[C@@H]3CS(=O)(=O)C[C@H]32)cc1. The van der Waals surface area contributed by atoms with Gasteiger partial charge >= 0.3 is 0 Å². The van der Waals surface area contributed by atoms with E-state index in [4.69, 9.17) is 10.00 Å². The molecule has 3 rings (SSSR count). The van der Waals surface area contributed by atoms with Gasteiger partial charge in [-0.25, -0.2) is 8.42 Å². The normalized spacial score (nSPS) is 25.6. The fourth-order valence-corrected chi connectivity index (χ4v) is 6.88. The summed E-state index contributed by atoms with van der Waals surface area (Å²) in [5.41, 5.74) is 0.754. The predicted molar refractivity (Wildman–Crippen MR) is 96.6 cm³/mol. The number of amides is 1. The number of aliphatic imine (C=N–C) groups is 1. The number of carbonyl (C=O) groups is 1. The monoisotopic (exact) mass is 379 g/mol. The van der Waals surface area contributed by atoms with Gasteiger partial charge in [-0.15, -0.1) is 0 Å². The first-order chi connectivity index (χ1) is 11.9. The van der Waals surface area contributed by atoms with Crippen LogP contribution in [-0.4, -0.2) is 48.9 Å². The number of carbonyl (C=O) groups excluding carboxylic acids is 1. The van der Waals surface area contributed by atoms with Gasteiger partial charge in [-0.1, -0.05) is 11.8 Å². The minimum atomic E-state index is -3.10. The van der Waals surface area contributed by atoms with E-state index in [0.717, 1.165) is 5.69 Å². The first-order valence-electron chi connectivity index (χ1n) is 7.81. The van der Waals surface area contributed by atoms with Crippen LogP contribution < -0.4 is 9.64 Å². The molecule has 1 amide bonds. The summed E-state index contributed by atoms with van der Waals surface area (Å²) in [6, 6.07) is 8.77. The van der Waals surface area contributed by atoms with Crippen LogP contribution in [0.5, 0.6) is 5.75 Å². The van der Waals surface area contributed by atoms with Crippen LogP contribution in [0.4, 0.5) is 5.69 Å². The van der Waals surface area contributed by atoms with Crippen LogP contribution in [0.2, 0.25) is 0 Å². The number of amidine groups is 1. The fraction of sp³-hybridized carbons (Fsp3) is 0.438. The number of rotatable bonds is 4. The maximum Gasteiger partial charge on any atom is 0.262 e. The lowest BCUT2D eigenvalue weighted by molar-refractivity contribution is -0.116. The van der Waals surface area contributed by atoms with E-state index < -0.39 is 15.7 Å². The molecule has 9 heteroatoms. The van der Waals surface area contributed by atoms with Crippen LogP contribution in [0.15, 0.2) is 29.3 Å². The summed E-state index contributed by atoms with van der Waals surface area (Å²) in [6.07, 6.45) is -0.297. The maximum atomic E-state index is 12.0. The molecular formula is C16H17N3O4S2. The van der Waals surface area contributed by atoms with Crippen molar-refractivity contribution in [2.24, 2.45) is 4.99 Å². The Labute approximate surface area is 150 Å². The molecule has 0 aliphatic carbocycles. The molecule has 132 valence electrons. The molecule has 2 aliphatic heterocycles. The Morgan fingerprint density at radius 1 is 1.40 bits per heavy atom. The third-order valence-corrected chi connectivity index (χ3v) is 7.15. The van der Waals surface area contributed by atoms with Crippen molar-refractivity contribution in [3.8, 4) is 11.8 Å². The van der Waals surface area contributed by atoms with Crippen LogP contribution in [0.3, 0.4) is 0 Å². The number of hydrogen-bond donors (Lipinski definition) is 0. The van der Waals surface area contributed by atoms with Gasteiger partial charge in [0.25, 0.3) is 5.91 Å². The van der Waals surface area contributed by atoms with E-state index in [1.54, 1.807) is 23.1 Å². The molecule has 0 aromatic heterocycles. The zero-order valence-corrected chi connectivity index (χ0v) is 15.2. The molecule has 0 saturated carbocycles. The van der Waals surface area contributed by atoms with E-state index in [9.17, 15) is 13.2 Å². The molecule has 0 N–H and O–H groups in total. The minimum absolute atomic E-state index is 0.0311. The van der Waals surface area contributed by atoms with Crippen molar-refractivity contribution in [1.82, 2.24) is 0 Å². The second-order valence-electron chi connectivity index (χ2n) is 5.72. The molecule has 2 saturated heterocycles. The first kappa shape index (κ1) is 17.8. The lowest BCUT2D eigenvalue weighted by Gasteiger charge is -2.24. The van der Waals surface area contributed by atoms with Crippen molar-refractivity contribution < 1.29 is 17.9 Å². The van der Waals surface area contributed by atoms with Crippen LogP contribution in [0.25, 0.3) is 0 Å². The van der Waals surface area contributed by atoms with Crippen LogP contribution in [0, 0.1) is 11.3 Å². The van der Waals surface area contributed by atoms with E-state index in [0.29, 0.717) is 17.5 Å². The standard InChI is InChI=1S/C16H17N3O4S2/c1-2-23-12-5-3-11(4-6-12)19-13-9-25(21,22)10-14(13)24-16(19)18-15(20)7-8-17/h3-6,13-14H,2,7,9-10H2,1H3/t13-,14-/m1/s1. The van der Waals surface area contributed by atoms with Crippen LogP contribution in [-0.2, 0) is 14.6 Å². The molecule has 2 atom stereocenters. The van der Waals surface area contributed by atoms with Gasteiger partial charge in [0, 0.05) is 10.9 Å². The zero-order valence-electron chi connectivity index (χ0n) is 13.6. The molecule has 0 bridgehead atoms. The van der Waals surface area contributed by atoms with E-state index in [-0.39, 0.29) is 29.2 Å². The number of thioether (sulfide) groups is 1. The Hall–Kier alpha value is -2.05. The molecular weight excluding hydrogens is 362 g/mol. The summed E-state index contributed by atoms with van der Waals surface area (Å²) in [5, 5.41) is 8.94. The maximum absolute atomic E-state index is 12.0. The molecule has 0 unspecified atom stereocenters. The number of sulfone groups is 1. The summed E-state index contributed by atoms with van der Waals surface area (Å²) in [7, 11) is -3.10. The van der Waals surface area contributed by atoms with Crippen molar-refractivity contribution in [3.63, 3.8) is 0 Å². The Morgan fingerprint density at radius 3 is 2.76 bits per heavy atom. The summed E-state index contributed by atoms with van der Waals surface area (Å²) in [5.74, 6) is 0.293. The van der Waals surface area contributed by atoms with E-state index in [1.165, 1.54) is 11.8 Å². The van der Waals surface area contributed by atoms with Crippen molar-refractivity contribution in [3.05, 3.63) is 24.3 Å². The number of ether oxygens (including phenoxy) is 1. The van der Waals surface area contributed by atoms with Crippen molar-refractivity contribution >= 4 is 38.4 Å². The average molecular weight is 379 g/mol. The number of nitrogens with zero attached hydrogens (tertiary/aromatic N) is 3. The molecule has 0 spiro atoms. The van der Waals surface area contributed by atoms with Crippen molar-refractivity contribution in [2.75, 3.05) is 23.0 Å². The van der Waals surface area contributed by atoms with Gasteiger partial charge in [-0.3, -0.25) is 4.79 Å². The van der Waals surface area contributed by atoms with Gasteiger partial charge in [-0.2, -0.15) is 10.3 Å². The lowest BCUT2D eigenvalue weighted by atomic mass is 10.2. The van der Waals surface area contributed by atoms with Crippen LogP contribution >= 0.6 is 11.8 Å². The highest BCUT2D eigenvalue weighted by molar-refractivity contribution is 8.16. The third-order valence-electron chi connectivity index (χ3n) is 3.94. The molecule has 2 fully saturated rings. The van der Waals surface area contributed by atoms with Crippen LogP contribution in [0.1, 0.15) is 13.3 Å². The molecule has 25 heavy (non-hydrogen) atoms. The topological polar surface area (TPSA) is 99.8 Å². The summed E-state index contributed by atoms with van der Waals surface area (Å²) in [4.78, 5) is 17.6. The molecule has 2 aliphatic rings. The largest absolute Gasteiger partial charge is 0.494 e. The second-order valence-corrected chi connectivity index (χ2v) is 9.08. The van der Waals surface area contributed by atoms with Gasteiger partial charge < -0.3 is 9.64 Å². The van der Waals surface area contributed by atoms with Crippen molar-refractivity contribution in [2.45, 2.75) is 24.6 Å². The Bertz CT molecular complexity index is 843. The van der Waals surface area contributed by atoms with Gasteiger partial charge in [0.15, 0.2) is 15.0 Å². The predicted octanol–water partition coefficient (Wildman–Crippen LogP) is 1.60. The number of nitriles is 1. The Balaban J connectivity index is 1.94. The van der Waals surface area contributed by atoms with E-state index in [1.807, 2.05) is 19.1 Å². The molecule has 7 nitrogen and oxygen atoms in total. The number of fused-ring (bicyclic) bond motifs is 1. The highest BCUT2D eigenvalue weighted by Gasteiger charge is 2.49. The van der Waals surface area contributed by atoms with E-state index in [2.05, 4.69) is 4.99 Å². The number of benzene rings is 1. The molecule has 1 aromatic rings. The van der Waals surface area contributed by atoms with Crippen molar-refractivity contribution in [1.29, 1.82) is 5.26 Å². The van der Waals surface area contributed by atoms with Gasteiger partial charge in [0.1, 0.15) is 12.2 Å². The molecule has 0 radical (unpaired) electrons. The average Bonchev–Trinajstić information content (AvgIpc) is 3.00. The molecule has 2 heterocycles. The highest BCUT2D eigenvalue weighted by Crippen LogP contribution is 2.41. The summed E-state index contributed by atoms with van der Waals surface area (Å²) < 4.78 is 29.4. The minimum Gasteiger partial charge on any atom is -0.494 e. The zero-order chi connectivity index (χ0) is 18.0. The Morgan fingerprint density at radius 2 is 2.12 bits per heavy atom. The smallest absolute Gasteiger partial charge is 0.262 e.